The van der Waals surface area contributed by atoms with Gasteiger partial charge < -0.3 is 5.32 Å². The summed E-state index contributed by atoms with van der Waals surface area (Å²) in [7, 11) is 1.63. The zero-order valence-electron chi connectivity index (χ0n) is 8.01. The van der Waals surface area contributed by atoms with Crippen LogP contribution in [0.25, 0.3) is 0 Å². The highest BCUT2D eigenvalue weighted by Gasteiger charge is 2.15. The topological polar surface area (TPSA) is 72.2 Å². The summed E-state index contributed by atoms with van der Waals surface area (Å²) in [5, 5.41) is 12.8. The lowest BCUT2D eigenvalue weighted by atomic mass is 10.1. The maximum atomic E-state index is 11.1. The number of benzene rings is 1. The first kappa shape index (κ1) is 11.7. The van der Waals surface area contributed by atoms with E-state index in [9.17, 15) is 14.9 Å². The van der Waals surface area contributed by atoms with Gasteiger partial charge in [-0.15, -0.1) is 12.6 Å². The number of nitrogens with zero attached hydrogens (tertiary/aromatic N) is 1. The Morgan fingerprint density at radius 2 is 2.00 bits per heavy atom. The highest BCUT2D eigenvalue weighted by atomic mass is 32.1. The molecule has 0 heterocycles. The lowest BCUT2D eigenvalue weighted by molar-refractivity contribution is -0.384. The van der Waals surface area contributed by atoms with Gasteiger partial charge >= 0.3 is 0 Å². The van der Waals surface area contributed by atoms with Crippen molar-refractivity contribution in [2.75, 3.05) is 7.05 Å². The quantitative estimate of drug-likeness (QED) is 0.461. The Bertz CT molecular complexity index is 377. The summed E-state index contributed by atoms with van der Waals surface area (Å²) in [4.78, 5) is 21.0. The normalized spacial score (nSPS) is 12.1. The first-order valence-electron chi connectivity index (χ1n) is 4.20. The molecule has 0 saturated carbocycles. The molecule has 80 valence electrons. The van der Waals surface area contributed by atoms with Crippen LogP contribution in [0.2, 0.25) is 0 Å². The Morgan fingerprint density at radius 3 is 2.33 bits per heavy atom. The maximum absolute atomic E-state index is 11.1. The Kier molecular flexibility index (Phi) is 3.81. The molecule has 1 rings (SSSR count). The van der Waals surface area contributed by atoms with E-state index in [0.717, 1.165) is 0 Å². The average Bonchev–Trinajstić information content (AvgIpc) is 2.19. The van der Waals surface area contributed by atoms with Crippen LogP contribution < -0.4 is 5.32 Å². The molecule has 0 radical (unpaired) electrons. The van der Waals surface area contributed by atoms with Gasteiger partial charge in [0.15, 0.2) is 0 Å². The van der Waals surface area contributed by atoms with Crippen LogP contribution >= 0.6 is 12.6 Å². The van der Waals surface area contributed by atoms with E-state index in [1.54, 1.807) is 7.05 Å². The molecule has 1 atom stereocenters. The minimum Gasteiger partial charge on any atom is -0.306 e. The first-order chi connectivity index (χ1) is 7.06. The molecule has 0 amide bonds. The van der Waals surface area contributed by atoms with Crippen molar-refractivity contribution in [2.24, 2.45) is 0 Å². The molecule has 1 N–H and O–H groups in total. The van der Waals surface area contributed by atoms with E-state index in [0.29, 0.717) is 5.56 Å². The summed E-state index contributed by atoms with van der Waals surface area (Å²) in [5.41, 5.74) is 0.656. The second-order valence-corrected chi connectivity index (χ2v) is 3.35. The number of carbonyl (C=O) groups excluding carboxylic acids is 1. The van der Waals surface area contributed by atoms with Gasteiger partial charge in [-0.05, 0) is 12.6 Å². The molecule has 0 unspecified atom stereocenters. The van der Waals surface area contributed by atoms with Crippen molar-refractivity contribution in [1.29, 1.82) is 0 Å². The van der Waals surface area contributed by atoms with Crippen molar-refractivity contribution < 1.29 is 9.72 Å². The second kappa shape index (κ2) is 4.90. The van der Waals surface area contributed by atoms with Crippen molar-refractivity contribution in [1.82, 2.24) is 5.32 Å². The van der Waals surface area contributed by atoms with Crippen LogP contribution in [0, 0.1) is 10.1 Å². The Balaban J connectivity index is 2.97. The molecule has 0 spiro atoms. The predicted octanol–water partition coefficient (Wildman–Crippen LogP) is 1.31. The van der Waals surface area contributed by atoms with Crippen LogP contribution in [-0.4, -0.2) is 17.1 Å². The van der Waals surface area contributed by atoms with E-state index < -0.39 is 11.0 Å². The molecule has 15 heavy (non-hydrogen) atoms. The van der Waals surface area contributed by atoms with Gasteiger partial charge in [-0.2, -0.15) is 0 Å². The standard InChI is InChI=1S/C9H10N2O3S/c1-10-8(9(12)15)6-2-4-7(5-3-6)11(13)14/h2-5,8,10H,1H3,(H,12,15)/t8-/m1/s1. The van der Waals surface area contributed by atoms with E-state index >= 15 is 0 Å². The van der Waals surface area contributed by atoms with E-state index in [4.69, 9.17) is 0 Å². The van der Waals surface area contributed by atoms with Crippen LogP contribution in [0.4, 0.5) is 5.69 Å². The van der Waals surface area contributed by atoms with E-state index in [1.165, 1.54) is 24.3 Å². The molecular formula is C9H10N2O3S. The number of non-ortho nitro benzene ring substituents is 1. The highest BCUT2D eigenvalue weighted by Crippen LogP contribution is 2.19. The van der Waals surface area contributed by atoms with Crippen LogP contribution in [0.3, 0.4) is 0 Å². The molecule has 6 heteroatoms. The third-order valence-corrected chi connectivity index (χ3v) is 2.23. The maximum Gasteiger partial charge on any atom is 0.269 e. The molecule has 1 aromatic carbocycles. The largest absolute Gasteiger partial charge is 0.306 e. The number of carbonyl (C=O) groups is 1. The Hall–Kier alpha value is -1.40. The Labute approximate surface area is 92.0 Å². The number of nitrogens with one attached hydrogen (secondary N) is 1. The molecule has 0 aliphatic heterocycles. The van der Waals surface area contributed by atoms with Crippen molar-refractivity contribution in [3.63, 3.8) is 0 Å². The summed E-state index contributed by atoms with van der Waals surface area (Å²) in [6.45, 7) is 0. The van der Waals surface area contributed by atoms with Crippen LogP contribution in [-0.2, 0) is 4.79 Å². The van der Waals surface area contributed by atoms with Gasteiger partial charge in [-0.25, -0.2) is 0 Å². The third kappa shape index (κ3) is 2.77. The summed E-state index contributed by atoms with van der Waals surface area (Å²) in [6, 6.07) is 5.25. The summed E-state index contributed by atoms with van der Waals surface area (Å²) < 4.78 is 0. The predicted molar refractivity (Wildman–Crippen MR) is 58.9 cm³/mol. The molecule has 0 aliphatic rings. The van der Waals surface area contributed by atoms with Gasteiger partial charge in [0.25, 0.3) is 5.69 Å². The summed E-state index contributed by atoms with van der Waals surface area (Å²) >= 11 is 3.72. The minimum absolute atomic E-state index is 0.000200. The molecule has 0 aromatic heterocycles. The van der Waals surface area contributed by atoms with Crippen molar-refractivity contribution >= 4 is 23.4 Å². The first-order valence-corrected chi connectivity index (χ1v) is 4.65. The third-order valence-electron chi connectivity index (χ3n) is 1.97. The van der Waals surface area contributed by atoms with Crippen LogP contribution in [0.15, 0.2) is 24.3 Å². The van der Waals surface area contributed by atoms with E-state index in [2.05, 4.69) is 17.9 Å². The monoisotopic (exact) mass is 226 g/mol. The van der Waals surface area contributed by atoms with E-state index in [-0.39, 0.29) is 10.8 Å². The lowest BCUT2D eigenvalue weighted by Crippen LogP contribution is -2.21. The SMILES string of the molecule is CN[C@@H](C(=O)S)c1ccc([N+](=O)[O-])cc1. The zero-order valence-corrected chi connectivity index (χ0v) is 8.90. The van der Waals surface area contributed by atoms with Gasteiger partial charge in [-0.1, -0.05) is 12.1 Å². The molecule has 0 fully saturated rings. The summed E-state index contributed by atoms with van der Waals surface area (Å²) in [6.07, 6.45) is 0. The van der Waals surface area contributed by atoms with Crippen molar-refractivity contribution in [3.05, 3.63) is 39.9 Å². The lowest BCUT2D eigenvalue weighted by Gasteiger charge is -2.11. The number of likely N-dealkylation sites (N-methyl/N-ethyl adjacent to an activating group) is 1. The van der Waals surface area contributed by atoms with Crippen molar-refractivity contribution in [3.8, 4) is 0 Å². The zero-order chi connectivity index (χ0) is 11.4. The number of nitro groups is 1. The number of thiol groups is 1. The van der Waals surface area contributed by atoms with Gasteiger partial charge in [0.1, 0.15) is 6.04 Å². The fraction of sp³-hybridized carbons (Fsp3) is 0.222. The fourth-order valence-corrected chi connectivity index (χ4v) is 1.50. The number of nitro benzene ring substituents is 1. The van der Waals surface area contributed by atoms with Crippen LogP contribution in [0.5, 0.6) is 0 Å². The Morgan fingerprint density at radius 1 is 1.47 bits per heavy atom. The second-order valence-electron chi connectivity index (χ2n) is 2.91. The van der Waals surface area contributed by atoms with Crippen LogP contribution in [0.1, 0.15) is 11.6 Å². The van der Waals surface area contributed by atoms with Crippen molar-refractivity contribution in [2.45, 2.75) is 6.04 Å². The fourth-order valence-electron chi connectivity index (χ4n) is 1.22. The number of hydrogen-bond donors (Lipinski definition) is 2. The molecular weight excluding hydrogens is 216 g/mol. The molecule has 5 nitrogen and oxygen atoms in total. The summed E-state index contributed by atoms with van der Waals surface area (Å²) in [5.74, 6) is 0. The number of rotatable bonds is 4. The molecule has 0 aliphatic carbocycles. The van der Waals surface area contributed by atoms with Gasteiger partial charge in [0.05, 0.1) is 4.92 Å². The highest BCUT2D eigenvalue weighted by molar-refractivity contribution is 7.96. The van der Waals surface area contributed by atoms with Gasteiger partial charge in [0, 0.05) is 12.1 Å². The minimum atomic E-state index is -0.533. The van der Waals surface area contributed by atoms with E-state index in [1.807, 2.05) is 0 Å². The van der Waals surface area contributed by atoms with Gasteiger partial charge in [-0.3, -0.25) is 14.9 Å². The van der Waals surface area contributed by atoms with Gasteiger partial charge in [0.2, 0.25) is 5.12 Å². The molecule has 1 aromatic rings. The smallest absolute Gasteiger partial charge is 0.269 e. The molecule has 0 saturated heterocycles. The average molecular weight is 226 g/mol. The number of hydrogen-bond acceptors (Lipinski definition) is 4. The molecule has 0 bridgehead atoms.